The number of nitrogens with one attached hydrogen (secondary N) is 1. The average molecular weight is 505 g/mol. The quantitative estimate of drug-likeness (QED) is 0.274. The topological polar surface area (TPSA) is 69.6 Å². The molecule has 1 amide bonds. The van der Waals surface area contributed by atoms with Crippen LogP contribution in [0.3, 0.4) is 0 Å². The number of hydrogen-bond donors (Lipinski definition) is 1. The number of carbonyl (C=O) groups excluding carboxylic acids is 2. The number of nitrogens with zero attached hydrogens (tertiary/aromatic N) is 1. The van der Waals surface area contributed by atoms with Gasteiger partial charge in [-0.15, -0.1) is 11.3 Å². The predicted molar refractivity (Wildman–Crippen MR) is 147 cm³/mol. The first-order valence-corrected chi connectivity index (χ1v) is 12.9. The van der Waals surface area contributed by atoms with E-state index in [4.69, 9.17) is 9.47 Å². The number of amides is 1. The Labute approximate surface area is 215 Å². The molecule has 0 saturated carbocycles. The van der Waals surface area contributed by atoms with Crippen LogP contribution in [0.2, 0.25) is 0 Å². The highest BCUT2D eigenvalue weighted by atomic mass is 32.1. The normalized spacial score (nSPS) is 11.1. The molecule has 0 spiro atoms. The van der Waals surface area contributed by atoms with Crippen molar-refractivity contribution in [1.29, 1.82) is 0 Å². The van der Waals surface area contributed by atoms with Crippen molar-refractivity contribution in [2.45, 2.75) is 48.1 Å². The summed E-state index contributed by atoms with van der Waals surface area (Å²) in [6, 6.07) is 12.0. The van der Waals surface area contributed by atoms with Gasteiger partial charge in [0.2, 0.25) is 0 Å². The number of aromatic nitrogens is 1. The van der Waals surface area contributed by atoms with E-state index in [0.29, 0.717) is 29.4 Å². The van der Waals surface area contributed by atoms with Crippen molar-refractivity contribution in [3.8, 4) is 16.9 Å². The van der Waals surface area contributed by atoms with Gasteiger partial charge in [0.1, 0.15) is 22.0 Å². The molecule has 2 heterocycles. The van der Waals surface area contributed by atoms with E-state index in [-0.39, 0.29) is 5.91 Å². The Balaban J connectivity index is 1.82. The van der Waals surface area contributed by atoms with Crippen LogP contribution in [0.25, 0.3) is 22.0 Å². The van der Waals surface area contributed by atoms with Crippen molar-refractivity contribution in [3.63, 3.8) is 0 Å². The van der Waals surface area contributed by atoms with Gasteiger partial charge in [0.15, 0.2) is 0 Å². The summed E-state index contributed by atoms with van der Waals surface area (Å²) in [6.07, 6.45) is 0. The molecule has 7 heteroatoms. The van der Waals surface area contributed by atoms with Gasteiger partial charge in [0.05, 0.1) is 13.7 Å². The first-order valence-electron chi connectivity index (χ1n) is 12.1. The van der Waals surface area contributed by atoms with E-state index in [9.17, 15) is 9.59 Å². The molecule has 0 fully saturated rings. The predicted octanol–water partition coefficient (Wildman–Crippen LogP) is 7.06. The number of fused-ring (bicyclic) bond motifs is 1. The second-order valence-electron chi connectivity index (χ2n) is 8.81. The minimum absolute atomic E-state index is 0.262. The summed E-state index contributed by atoms with van der Waals surface area (Å²) in [5.41, 5.74) is 6.81. The monoisotopic (exact) mass is 504 g/mol. The maximum Gasteiger partial charge on any atom is 0.341 e. The van der Waals surface area contributed by atoms with Gasteiger partial charge in [-0.1, -0.05) is 18.2 Å². The van der Waals surface area contributed by atoms with Crippen LogP contribution < -0.4 is 10.1 Å². The molecule has 0 aliphatic heterocycles. The molecule has 2 aromatic carbocycles. The number of esters is 1. The van der Waals surface area contributed by atoms with E-state index in [1.54, 1.807) is 0 Å². The number of methoxy groups -OCH3 is 1. The van der Waals surface area contributed by atoms with Crippen molar-refractivity contribution in [2.24, 2.45) is 0 Å². The maximum atomic E-state index is 13.7. The van der Waals surface area contributed by atoms with Crippen LogP contribution in [-0.4, -0.2) is 30.2 Å². The van der Waals surface area contributed by atoms with Crippen LogP contribution in [0.15, 0.2) is 36.4 Å². The summed E-state index contributed by atoms with van der Waals surface area (Å²) >= 11 is 1.39. The SMILES string of the molecule is CCOc1ccc2c(c1)c(C)c(C(=O)Nc1sc(C)c(-c3ccc(C)c(C)c3)c1C(=O)OC)n2CC. The van der Waals surface area contributed by atoms with Gasteiger partial charge in [-0.3, -0.25) is 4.79 Å². The Morgan fingerprint density at radius 1 is 1.00 bits per heavy atom. The molecule has 0 aliphatic carbocycles. The maximum absolute atomic E-state index is 13.7. The molecule has 4 aromatic rings. The summed E-state index contributed by atoms with van der Waals surface area (Å²) in [6.45, 7) is 13.2. The lowest BCUT2D eigenvalue weighted by molar-refractivity contribution is 0.0603. The number of anilines is 1. The van der Waals surface area contributed by atoms with E-state index in [1.165, 1.54) is 24.0 Å². The molecule has 2 aromatic heterocycles. The molecule has 0 aliphatic rings. The third-order valence-corrected chi connectivity index (χ3v) is 7.65. The summed E-state index contributed by atoms with van der Waals surface area (Å²) in [7, 11) is 1.36. The molecule has 0 bridgehead atoms. The fraction of sp³-hybridized carbons (Fsp3) is 0.310. The second kappa shape index (κ2) is 10.2. The van der Waals surface area contributed by atoms with Crippen LogP contribution in [-0.2, 0) is 11.3 Å². The zero-order valence-electron chi connectivity index (χ0n) is 21.9. The highest BCUT2D eigenvalue weighted by molar-refractivity contribution is 7.17. The van der Waals surface area contributed by atoms with E-state index in [2.05, 4.69) is 18.3 Å². The first-order chi connectivity index (χ1) is 17.2. The fourth-order valence-electron chi connectivity index (χ4n) is 4.72. The molecule has 188 valence electrons. The number of thiophene rings is 1. The molecule has 4 rings (SSSR count). The van der Waals surface area contributed by atoms with Crippen LogP contribution in [0.1, 0.15) is 56.3 Å². The zero-order valence-corrected chi connectivity index (χ0v) is 22.7. The van der Waals surface area contributed by atoms with Crippen molar-refractivity contribution >= 4 is 39.1 Å². The van der Waals surface area contributed by atoms with Gasteiger partial charge in [-0.2, -0.15) is 0 Å². The number of benzene rings is 2. The lowest BCUT2D eigenvalue weighted by Crippen LogP contribution is -2.19. The Bertz CT molecular complexity index is 1480. The molecule has 0 atom stereocenters. The van der Waals surface area contributed by atoms with Crippen molar-refractivity contribution < 1.29 is 19.1 Å². The third kappa shape index (κ3) is 4.39. The van der Waals surface area contributed by atoms with Gasteiger partial charge in [0, 0.05) is 27.9 Å². The van der Waals surface area contributed by atoms with Gasteiger partial charge < -0.3 is 19.4 Å². The second-order valence-corrected chi connectivity index (χ2v) is 10.0. The van der Waals surface area contributed by atoms with Gasteiger partial charge >= 0.3 is 5.97 Å². The largest absolute Gasteiger partial charge is 0.494 e. The molecule has 0 saturated heterocycles. The standard InChI is InChI=1S/C29H32N2O4S/c1-8-31-23-13-12-21(35-9-2)15-22(23)18(5)26(31)27(32)30-28-25(29(33)34-7)24(19(6)36-28)20-11-10-16(3)17(4)14-20/h10-15H,8-9H2,1-7H3,(H,30,32). The van der Waals surface area contributed by atoms with Crippen molar-refractivity contribution in [3.05, 3.63) is 69.2 Å². The number of aryl methyl sites for hydroxylation is 5. The molecule has 0 unspecified atom stereocenters. The Hall–Kier alpha value is -3.58. The number of ether oxygens (including phenoxy) is 2. The van der Waals surface area contributed by atoms with E-state index >= 15 is 0 Å². The van der Waals surface area contributed by atoms with E-state index in [0.717, 1.165) is 43.8 Å². The zero-order chi connectivity index (χ0) is 26.1. The van der Waals surface area contributed by atoms with E-state index in [1.807, 2.05) is 69.5 Å². The van der Waals surface area contributed by atoms with E-state index < -0.39 is 5.97 Å². The molecular formula is C29H32N2O4S. The summed E-state index contributed by atoms with van der Waals surface area (Å²) < 4.78 is 12.8. The first kappa shape index (κ1) is 25.5. The number of carbonyl (C=O) groups is 2. The molecule has 6 nitrogen and oxygen atoms in total. The van der Waals surface area contributed by atoms with Gasteiger partial charge in [-0.05, 0) is 82.0 Å². The fourth-order valence-corrected chi connectivity index (χ4v) is 5.77. The van der Waals surface area contributed by atoms with Crippen LogP contribution >= 0.6 is 11.3 Å². The summed E-state index contributed by atoms with van der Waals surface area (Å²) in [5.74, 6) is 0.0340. The summed E-state index contributed by atoms with van der Waals surface area (Å²) in [4.78, 5) is 27.6. The molecule has 36 heavy (non-hydrogen) atoms. The van der Waals surface area contributed by atoms with Gasteiger partial charge in [-0.25, -0.2) is 4.79 Å². The van der Waals surface area contributed by atoms with Crippen LogP contribution in [0, 0.1) is 27.7 Å². The van der Waals surface area contributed by atoms with Crippen molar-refractivity contribution in [2.75, 3.05) is 19.0 Å². The summed E-state index contributed by atoms with van der Waals surface area (Å²) in [5, 5.41) is 4.50. The third-order valence-electron chi connectivity index (χ3n) is 6.63. The Kier molecular flexibility index (Phi) is 7.22. The highest BCUT2D eigenvalue weighted by Crippen LogP contribution is 2.41. The lowest BCUT2D eigenvalue weighted by Gasteiger charge is -2.11. The minimum atomic E-state index is -0.475. The average Bonchev–Trinajstić information content (AvgIpc) is 3.33. The number of hydrogen-bond acceptors (Lipinski definition) is 5. The Morgan fingerprint density at radius 3 is 2.39 bits per heavy atom. The smallest absolute Gasteiger partial charge is 0.341 e. The van der Waals surface area contributed by atoms with Crippen molar-refractivity contribution in [1.82, 2.24) is 4.57 Å². The number of rotatable bonds is 7. The van der Waals surface area contributed by atoms with Crippen LogP contribution in [0.5, 0.6) is 5.75 Å². The van der Waals surface area contributed by atoms with Gasteiger partial charge in [0.25, 0.3) is 5.91 Å². The minimum Gasteiger partial charge on any atom is -0.494 e. The Morgan fingerprint density at radius 2 is 1.75 bits per heavy atom. The highest BCUT2D eigenvalue weighted by Gasteiger charge is 2.27. The molecule has 0 radical (unpaired) electrons. The molecule has 1 N–H and O–H groups in total. The lowest BCUT2D eigenvalue weighted by atomic mass is 9.97. The molecular weight excluding hydrogens is 472 g/mol. The van der Waals surface area contributed by atoms with Crippen LogP contribution in [0.4, 0.5) is 5.00 Å².